The highest BCUT2D eigenvalue weighted by Gasteiger charge is 2.08. The van der Waals surface area contributed by atoms with E-state index in [0.717, 1.165) is 16.9 Å². The van der Waals surface area contributed by atoms with Gasteiger partial charge in [0.05, 0.1) is 12.8 Å². The monoisotopic (exact) mass is 376 g/mol. The molecule has 1 amide bonds. The molecule has 0 fully saturated rings. The van der Waals surface area contributed by atoms with Crippen LogP contribution in [0.5, 0.6) is 0 Å². The lowest BCUT2D eigenvalue weighted by Crippen LogP contribution is -2.30. The molecule has 0 spiro atoms. The average molecular weight is 376 g/mol. The van der Waals surface area contributed by atoms with Crippen molar-refractivity contribution in [2.24, 2.45) is 0 Å². The van der Waals surface area contributed by atoms with Crippen LogP contribution in [0, 0.1) is 6.92 Å². The summed E-state index contributed by atoms with van der Waals surface area (Å²) in [7, 11) is 1.27. The molecule has 0 aliphatic carbocycles. The molecular weight excluding hydrogens is 356 g/mol. The molecular formula is C21H20N4O3. The number of ether oxygens (including phenoxy) is 1. The van der Waals surface area contributed by atoms with Gasteiger partial charge in [-0.2, -0.15) is 0 Å². The van der Waals surface area contributed by atoms with E-state index in [1.165, 1.54) is 12.7 Å². The molecule has 0 aliphatic rings. The summed E-state index contributed by atoms with van der Waals surface area (Å²) in [4.78, 5) is 31.9. The molecule has 0 radical (unpaired) electrons. The number of hydrogen-bond acceptors (Lipinski definition) is 6. The lowest BCUT2D eigenvalue weighted by Gasteiger charge is -2.08. The van der Waals surface area contributed by atoms with Crippen molar-refractivity contribution in [1.29, 1.82) is 0 Å². The van der Waals surface area contributed by atoms with Crippen molar-refractivity contribution in [2.45, 2.75) is 6.92 Å². The van der Waals surface area contributed by atoms with Gasteiger partial charge in [-0.05, 0) is 37.3 Å². The first-order valence-corrected chi connectivity index (χ1v) is 8.67. The zero-order valence-electron chi connectivity index (χ0n) is 15.6. The van der Waals surface area contributed by atoms with Crippen LogP contribution in [-0.2, 0) is 9.53 Å². The van der Waals surface area contributed by atoms with Crippen molar-refractivity contribution in [3.8, 4) is 11.3 Å². The van der Waals surface area contributed by atoms with Crippen LogP contribution in [0.4, 0.5) is 11.6 Å². The van der Waals surface area contributed by atoms with Crippen LogP contribution < -0.4 is 10.6 Å². The first-order chi connectivity index (χ1) is 13.5. The van der Waals surface area contributed by atoms with Gasteiger partial charge in [0.1, 0.15) is 6.54 Å². The third-order valence-corrected chi connectivity index (χ3v) is 4.03. The number of hydrogen-bond donors (Lipinski definition) is 2. The molecule has 142 valence electrons. The van der Waals surface area contributed by atoms with Gasteiger partial charge < -0.3 is 15.4 Å². The first-order valence-electron chi connectivity index (χ1n) is 8.67. The molecule has 3 aromatic rings. The van der Waals surface area contributed by atoms with Crippen LogP contribution in [0.15, 0.2) is 60.8 Å². The number of nitrogens with one attached hydrogen (secondary N) is 2. The Bertz CT molecular complexity index is 970. The second-order valence-corrected chi connectivity index (χ2v) is 6.09. The highest BCUT2D eigenvalue weighted by molar-refractivity contribution is 5.96. The second-order valence-electron chi connectivity index (χ2n) is 6.09. The van der Waals surface area contributed by atoms with Gasteiger partial charge in [-0.15, -0.1) is 0 Å². The van der Waals surface area contributed by atoms with Gasteiger partial charge in [-0.25, -0.2) is 9.97 Å². The largest absolute Gasteiger partial charge is 0.468 e. The van der Waals surface area contributed by atoms with Crippen molar-refractivity contribution in [2.75, 3.05) is 19.0 Å². The van der Waals surface area contributed by atoms with Gasteiger partial charge >= 0.3 is 5.97 Å². The fraction of sp³-hybridized carbons (Fsp3) is 0.143. The van der Waals surface area contributed by atoms with Gasteiger partial charge in [0.25, 0.3) is 5.91 Å². The fourth-order valence-corrected chi connectivity index (χ4v) is 2.46. The number of rotatable bonds is 6. The average Bonchev–Trinajstić information content (AvgIpc) is 2.73. The zero-order chi connectivity index (χ0) is 19.9. The second kappa shape index (κ2) is 8.77. The number of aromatic nitrogens is 2. The zero-order valence-corrected chi connectivity index (χ0v) is 15.6. The Labute approximate surface area is 162 Å². The van der Waals surface area contributed by atoms with E-state index in [0.29, 0.717) is 11.5 Å². The third-order valence-electron chi connectivity index (χ3n) is 4.03. The lowest BCUT2D eigenvalue weighted by molar-refractivity contribution is -0.139. The molecule has 0 atom stereocenters. The highest BCUT2D eigenvalue weighted by atomic mass is 16.5. The number of methoxy groups -OCH3 is 1. The normalized spacial score (nSPS) is 10.2. The number of anilines is 2. The van der Waals surface area contributed by atoms with Crippen LogP contribution in [0.2, 0.25) is 0 Å². The van der Waals surface area contributed by atoms with Crippen LogP contribution in [-0.4, -0.2) is 35.5 Å². The van der Waals surface area contributed by atoms with E-state index in [4.69, 9.17) is 0 Å². The SMILES string of the molecule is COC(=O)CNC(=O)c1ccc(Nc2nccc(-c3ccc(C)cc3)n2)cc1. The van der Waals surface area contributed by atoms with Crippen molar-refractivity contribution in [1.82, 2.24) is 15.3 Å². The van der Waals surface area contributed by atoms with E-state index in [1.807, 2.05) is 37.3 Å². The van der Waals surface area contributed by atoms with E-state index >= 15 is 0 Å². The number of carbonyl (C=O) groups excluding carboxylic acids is 2. The number of benzene rings is 2. The standard InChI is InChI=1S/C21H20N4O3/c1-14-3-5-15(6-4-14)18-11-12-22-21(25-18)24-17-9-7-16(8-10-17)20(27)23-13-19(26)28-2/h3-12H,13H2,1-2H3,(H,23,27)(H,22,24,25). The smallest absolute Gasteiger partial charge is 0.325 e. The predicted molar refractivity (Wildman–Crippen MR) is 106 cm³/mol. The molecule has 7 nitrogen and oxygen atoms in total. The molecule has 7 heteroatoms. The summed E-state index contributed by atoms with van der Waals surface area (Å²) >= 11 is 0. The number of aryl methyl sites for hydroxylation is 1. The van der Waals surface area contributed by atoms with E-state index in [9.17, 15) is 9.59 Å². The number of nitrogens with zero attached hydrogens (tertiary/aromatic N) is 2. The minimum atomic E-state index is -0.503. The minimum Gasteiger partial charge on any atom is -0.468 e. The Morgan fingerprint density at radius 3 is 2.39 bits per heavy atom. The Kier molecular flexibility index (Phi) is 5.96. The van der Waals surface area contributed by atoms with Gasteiger partial charge in [0, 0.05) is 23.0 Å². The van der Waals surface area contributed by atoms with E-state index in [2.05, 4.69) is 25.3 Å². The molecule has 28 heavy (non-hydrogen) atoms. The Hall–Kier alpha value is -3.74. The van der Waals surface area contributed by atoms with Crippen LogP contribution in [0.25, 0.3) is 11.3 Å². The Morgan fingerprint density at radius 1 is 1.00 bits per heavy atom. The first kappa shape index (κ1) is 19.0. The molecule has 0 saturated heterocycles. The molecule has 1 aromatic heterocycles. The van der Waals surface area contributed by atoms with Crippen molar-refractivity contribution >= 4 is 23.5 Å². The van der Waals surface area contributed by atoms with E-state index < -0.39 is 5.97 Å². The van der Waals surface area contributed by atoms with E-state index in [1.54, 1.807) is 30.5 Å². The maximum Gasteiger partial charge on any atom is 0.325 e. The molecule has 0 bridgehead atoms. The topological polar surface area (TPSA) is 93.2 Å². The third kappa shape index (κ3) is 4.91. The summed E-state index contributed by atoms with van der Waals surface area (Å²) in [6.07, 6.45) is 1.69. The molecule has 0 unspecified atom stereocenters. The number of esters is 1. The maximum atomic E-state index is 12.0. The molecule has 3 rings (SSSR count). The molecule has 0 aliphatic heterocycles. The quantitative estimate of drug-likeness (QED) is 0.642. The number of carbonyl (C=O) groups is 2. The van der Waals surface area contributed by atoms with Gasteiger partial charge in [-0.1, -0.05) is 29.8 Å². The predicted octanol–water partition coefficient (Wildman–Crippen LogP) is 3.10. The van der Waals surface area contributed by atoms with Crippen molar-refractivity contribution < 1.29 is 14.3 Å². The summed E-state index contributed by atoms with van der Waals surface area (Å²) in [5.74, 6) is -0.396. The van der Waals surface area contributed by atoms with Gasteiger partial charge in [0.2, 0.25) is 5.95 Å². The molecule has 2 N–H and O–H groups in total. The summed E-state index contributed by atoms with van der Waals surface area (Å²) in [6, 6.07) is 16.8. The molecule has 0 saturated carbocycles. The van der Waals surface area contributed by atoms with Crippen LogP contribution in [0.3, 0.4) is 0 Å². The number of amides is 1. The molecule has 2 aromatic carbocycles. The van der Waals surface area contributed by atoms with Crippen molar-refractivity contribution in [3.05, 3.63) is 71.9 Å². The van der Waals surface area contributed by atoms with E-state index in [-0.39, 0.29) is 12.5 Å². The summed E-state index contributed by atoms with van der Waals surface area (Å²) in [5.41, 5.74) is 4.19. The van der Waals surface area contributed by atoms with Gasteiger partial charge in [-0.3, -0.25) is 9.59 Å². The summed E-state index contributed by atoms with van der Waals surface area (Å²) in [5, 5.41) is 5.61. The lowest BCUT2D eigenvalue weighted by atomic mass is 10.1. The molecule has 1 heterocycles. The highest BCUT2D eigenvalue weighted by Crippen LogP contribution is 2.20. The summed E-state index contributed by atoms with van der Waals surface area (Å²) in [6.45, 7) is 1.87. The van der Waals surface area contributed by atoms with Crippen LogP contribution >= 0.6 is 0 Å². The van der Waals surface area contributed by atoms with Crippen LogP contribution in [0.1, 0.15) is 15.9 Å². The minimum absolute atomic E-state index is 0.172. The Balaban J connectivity index is 1.67. The fourth-order valence-electron chi connectivity index (χ4n) is 2.46. The Morgan fingerprint density at radius 2 is 1.71 bits per heavy atom. The summed E-state index contributed by atoms with van der Waals surface area (Å²) < 4.78 is 4.49. The van der Waals surface area contributed by atoms with Crippen molar-refractivity contribution in [3.63, 3.8) is 0 Å². The maximum absolute atomic E-state index is 12.0. The van der Waals surface area contributed by atoms with Gasteiger partial charge in [0.15, 0.2) is 0 Å².